The number of rotatable bonds is 16. The highest BCUT2D eigenvalue weighted by atomic mass is 32.2. The van der Waals surface area contributed by atoms with Crippen molar-refractivity contribution in [3.63, 3.8) is 0 Å². The minimum atomic E-state index is -2.87. The molecule has 10 nitrogen and oxygen atoms in total. The molecule has 0 amide bonds. The number of hydrogen-bond acceptors (Lipinski definition) is 9. The molecule has 2 heterocycles. The van der Waals surface area contributed by atoms with Crippen LogP contribution in [0.25, 0.3) is 0 Å². The largest absolute Gasteiger partial charge is 0.378 e. The van der Waals surface area contributed by atoms with Gasteiger partial charge in [-0.15, -0.1) is 5.10 Å². The zero-order valence-electron chi connectivity index (χ0n) is 19.2. The average molecular weight is 462 g/mol. The second-order valence-corrected chi connectivity index (χ2v) is 10.2. The van der Waals surface area contributed by atoms with Crippen LogP contribution in [0.3, 0.4) is 0 Å². The Morgan fingerprint density at radius 2 is 1.61 bits per heavy atom. The van der Waals surface area contributed by atoms with Gasteiger partial charge in [0, 0.05) is 32.2 Å². The van der Waals surface area contributed by atoms with Gasteiger partial charge in [-0.3, -0.25) is 4.90 Å². The molecule has 1 fully saturated rings. The van der Waals surface area contributed by atoms with Gasteiger partial charge in [-0.1, -0.05) is 26.0 Å². The predicted octanol–water partition coefficient (Wildman–Crippen LogP) is 0.119. The van der Waals surface area contributed by atoms with Crippen LogP contribution >= 0.6 is 0 Å². The first-order valence-corrected chi connectivity index (χ1v) is 13.0. The van der Waals surface area contributed by atoms with Crippen LogP contribution in [0.5, 0.6) is 0 Å². The summed E-state index contributed by atoms with van der Waals surface area (Å²) in [4.78, 5) is 2.13. The Bertz CT molecular complexity index is 712. The second-order valence-electron chi connectivity index (χ2n) is 7.93. The molecule has 0 atom stereocenters. The molecule has 0 aliphatic carbocycles. The van der Waals surface area contributed by atoms with Gasteiger partial charge < -0.3 is 19.5 Å². The van der Waals surface area contributed by atoms with Crippen LogP contribution in [-0.2, 0) is 43.6 Å². The van der Waals surface area contributed by atoms with Gasteiger partial charge in [-0.05, 0) is 6.42 Å². The maximum absolute atomic E-state index is 11.6. The SMILES string of the molecule is CCc1c(CN2CCS(=O)(=O)CC2)nnn1CCOCCOCCOCCNC(C)C. The van der Waals surface area contributed by atoms with Crippen LogP contribution in [0, 0.1) is 0 Å². The van der Waals surface area contributed by atoms with Gasteiger partial charge >= 0.3 is 0 Å². The molecule has 11 heteroatoms. The molecule has 1 saturated heterocycles. The Balaban J connectivity index is 1.55. The molecule has 1 N–H and O–H groups in total. The first-order valence-electron chi connectivity index (χ1n) is 11.2. The normalized spacial score (nSPS) is 16.9. The zero-order valence-corrected chi connectivity index (χ0v) is 20.0. The molecule has 0 unspecified atom stereocenters. The van der Waals surface area contributed by atoms with Gasteiger partial charge in [0.1, 0.15) is 0 Å². The fourth-order valence-electron chi connectivity index (χ4n) is 3.29. The Kier molecular flexibility index (Phi) is 11.9. The molecule has 0 radical (unpaired) electrons. The number of nitrogens with zero attached hydrogens (tertiary/aromatic N) is 4. The number of sulfone groups is 1. The van der Waals surface area contributed by atoms with E-state index in [2.05, 4.69) is 41.3 Å². The molecule has 0 aromatic carbocycles. The molecular formula is C20H39N5O5S. The highest BCUT2D eigenvalue weighted by molar-refractivity contribution is 7.91. The Morgan fingerprint density at radius 3 is 2.23 bits per heavy atom. The minimum Gasteiger partial charge on any atom is -0.378 e. The van der Waals surface area contributed by atoms with E-state index in [0.29, 0.717) is 71.9 Å². The third kappa shape index (κ3) is 10.4. The number of aromatic nitrogens is 3. The van der Waals surface area contributed by atoms with Gasteiger partial charge in [-0.2, -0.15) is 0 Å². The summed E-state index contributed by atoms with van der Waals surface area (Å²) in [5.74, 6) is 0.444. The van der Waals surface area contributed by atoms with Crippen molar-refractivity contribution in [2.75, 3.05) is 70.8 Å². The van der Waals surface area contributed by atoms with Crippen molar-refractivity contribution >= 4 is 9.84 Å². The van der Waals surface area contributed by atoms with Crippen molar-refractivity contribution in [1.82, 2.24) is 25.2 Å². The van der Waals surface area contributed by atoms with Crippen molar-refractivity contribution in [2.24, 2.45) is 0 Å². The molecule has 0 bridgehead atoms. The van der Waals surface area contributed by atoms with E-state index in [9.17, 15) is 8.42 Å². The fraction of sp³-hybridized carbons (Fsp3) is 0.900. The van der Waals surface area contributed by atoms with Gasteiger partial charge in [-0.25, -0.2) is 13.1 Å². The van der Waals surface area contributed by atoms with E-state index in [1.807, 2.05) is 4.68 Å². The molecule has 0 saturated carbocycles. The highest BCUT2D eigenvalue weighted by Crippen LogP contribution is 2.12. The van der Waals surface area contributed by atoms with E-state index in [4.69, 9.17) is 14.2 Å². The Hall–Kier alpha value is -1.11. The van der Waals surface area contributed by atoms with E-state index in [1.54, 1.807) is 0 Å². The maximum Gasteiger partial charge on any atom is 0.152 e. The van der Waals surface area contributed by atoms with Crippen LogP contribution in [0.15, 0.2) is 0 Å². The second kappa shape index (κ2) is 14.1. The molecule has 1 aliphatic heterocycles. The summed E-state index contributed by atoms with van der Waals surface area (Å²) in [7, 11) is -2.87. The van der Waals surface area contributed by atoms with Gasteiger partial charge in [0.25, 0.3) is 0 Å². The molecule has 0 spiro atoms. The summed E-state index contributed by atoms with van der Waals surface area (Å²) in [6.07, 6.45) is 0.824. The van der Waals surface area contributed by atoms with E-state index in [1.165, 1.54) is 0 Å². The molecule has 180 valence electrons. The monoisotopic (exact) mass is 461 g/mol. The van der Waals surface area contributed by atoms with Crippen molar-refractivity contribution in [2.45, 2.75) is 46.3 Å². The summed E-state index contributed by atoms with van der Waals surface area (Å²) in [6, 6.07) is 0.477. The lowest BCUT2D eigenvalue weighted by Gasteiger charge is -2.25. The average Bonchev–Trinajstić information content (AvgIpc) is 3.11. The van der Waals surface area contributed by atoms with E-state index in [0.717, 1.165) is 24.4 Å². The number of nitrogens with one attached hydrogen (secondary N) is 1. The van der Waals surface area contributed by atoms with Crippen molar-refractivity contribution in [1.29, 1.82) is 0 Å². The highest BCUT2D eigenvalue weighted by Gasteiger charge is 2.23. The van der Waals surface area contributed by atoms with E-state index >= 15 is 0 Å². The standard InChI is InChI=1S/C20H39N5O5S/c1-4-20-19(17-24-7-15-31(26,27)16-8-24)22-23-25(20)6-10-29-12-14-30-13-11-28-9-5-21-18(2)3/h18,21H,4-17H2,1-3H3. The smallest absolute Gasteiger partial charge is 0.152 e. The molecule has 1 aromatic rings. The summed E-state index contributed by atoms with van der Waals surface area (Å²) < 4.78 is 41.7. The summed E-state index contributed by atoms with van der Waals surface area (Å²) >= 11 is 0. The van der Waals surface area contributed by atoms with E-state index < -0.39 is 9.84 Å². The molecular weight excluding hydrogens is 422 g/mol. The summed E-state index contributed by atoms with van der Waals surface area (Å²) in [5.41, 5.74) is 2.01. The number of hydrogen-bond donors (Lipinski definition) is 1. The van der Waals surface area contributed by atoms with Gasteiger partial charge in [0.2, 0.25) is 0 Å². The first kappa shape index (κ1) is 26.1. The third-order valence-electron chi connectivity index (χ3n) is 5.05. The van der Waals surface area contributed by atoms with Crippen LogP contribution in [0.2, 0.25) is 0 Å². The maximum atomic E-state index is 11.6. The lowest BCUT2D eigenvalue weighted by molar-refractivity contribution is 0.0130. The minimum absolute atomic E-state index is 0.222. The quantitative estimate of drug-likeness (QED) is 0.343. The van der Waals surface area contributed by atoms with Crippen LogP contribution in [0.1, 0.15) is 32.2 Å². The van der Waals surface area contributed by atoms with Crippen LogP contribution in [0.4, 0.5) is 0 Å². The Morgan fingerprint density at radius 1 is 1.00 bits per heavy atom. The number of ether oxygens (including phenoxy) is 3. The zero-order chi connectivity index (χ0) is 22.5. The van der Waals surface area contributed by atoms with E-state index in [-0.39, 0.29) is 11.5 Å². The third-order valence-corrected chi connectivity index (χ3v) is 6.66. The lowest BCUT2D eigenvalue weighted by Crippen LogP contribution is -2.39. The van der Waals surface area contributed by atoms with Crippen LogP contribution < -0.4 is 5.32 Å². The lowest BCUT2D eigenvalue weighted by atomic mass is 10.2. The van der Waals surface area contributed by atoms with Crippen molar-refractivity contribution in [3.05, 3.63) is 11.4 Å². The fourth-order valence-corrected chi connectivity index (χ4v) is 4.57. The van der Waals surface area contributed by atoms with Crippen LogP contribution in [-0.4, -0.2) is 105 Å². The van der Waals surface area contributed by atoms with Gasteiger partial charge in [0.05, 0.1) is 69.1 Å². The molecule has 2 rings (SSSR count). The molecule has 31 heavy (non-hydrogen) atoms. The predicted molar refractivity (Wildman–Crippen MR) is 119 cm³/mol. The Labute approximate surface area is 186 Å². The van der Waals surface area contributed by atoms with Crippen molar-refractivity contribution < 1.29 is 22.6 Å². The first-order chi connectivity index (χ1) is 14.9. The summed E-state index contributed by atoms with van der Waals surface area (Å²) in [5, 5.41) is 11.9. The summed E-state index contributed by atoms with van der Waals surface area (Å²) in [6.45, 7) is 13.0. The van der Waals surface area contributed by atoms with Gasteiger partial charge in [0.15, 0.2) is 9.84 Å². The topological polar surface area (TPSA) is 108 Å². The van der Waals surface area contributed by atoms with Crippen molar-refractivity contribution in [3.8, 4) is 0 Å². The molecule has 1 aliphatic rings. The molecule has 1 aromatic heterocycles.